The highest BCUT2D eigenvalue weighted by Gasteiger charge is 2.17. The molecule has 0 aliphatic heterocycles. The van der Waals surface area contributed by atoms with Gasteiger partial charge in [0.25, 0.3) is 0 Å². The number of hydrogen-bond acceptors (Lipinski definition) is 2. The molecule has 0 bridgehead atoms. The van der Waals surface area contributed by atoms with E-state index in [4.69, 9.17) is 0 Å². The van der Waals surface area contributed by atoms with Crippen molar-refractivity contribution in [2.75, 3.05) is 6.54 Å². The predicted octanol–water partition coefficient (Wildman–Crippen LogP) is 3.17. The topological polar surface area (TPSA) is 32.3 Å². The van der Waals surface area contributed by atoms with Gasteiger partial charge >= 0.3 is 0 Å². The van der Waals surface area contributed by atoms with E-state index in [-0.39, 0.29) is 6.04 Å². The molecule has 102 valence electrons. The molecular weight excluding hydrogens is 236 g/mol. The van der Waals surface area contributed by atoms with Gasteiger partial charge in [-0.25, -0.2) is 8.78 Å². The van der Waals surface area contributed by atoms with Crippen LogP contribution in [0.5, 0.6) is 0 Å². The van der Waals surface area contributed by atoms with Crippen LogP contribution in [0.2, 0.25) is 0 Å². The Morgan fingerprint density at radius 2 is 1.94 bits per heavy atom. The fourth-order valence-electron chi connectivity index (χ4n) is 1.80. The summed E-state index contributed by atoms with van der Waals surface area (Å²) in [5.74, 6) is -1.82. The first kappa shape index (κ1) is 15.1. The van der Waals surface area contributed by atoms with Crippen LogP contribution >= 0.6 is 0 Å². The molecule has 1 aromatic rings. The number of hydrogen-bond donors (Lipinski definition) is 2. The van der Waals surface area contributed by atoms with Crippen molar-refractivity contribution in [1.29, 1.82) is 0 Å². The lowest BCUT2D eigenvalue weighted by molar-refractivity contribution is 0.135. The third-order valence-corrected chi connectivity index (χ3v) is 3.01. The fraction of sp³-hybridized carbons (Fsp3) is 0.571. The average molecular weight is 257 g/mol. The van der Waals surface area contributed by atoms with Crippen LogP contribution < -0.4 is 5.32 Å². The van der Waals surface area contributed by atoms with Crippen LogP contribution in [0.25, 0.3) is 0 Å². The highest BCUT2D eigenvalue weighted by atomic mass is 19.2. The zero-order chi connectivity index (χ0) is 13.5. The molecule has 2 unspecified atom stereocenters. The van der Waals surface area contributed by atoms with Crippen molar-refractivity contribution >= 4 is 0 Å². The summed E-state index contributed by atoms with van der Waals surface area (Å²) in [6.45, 7) is 4.77. The van der Waals surface area contributed by atoms with Crippen LogP contribution in [0.15, 0.2) is 18.2 Å². The maximum atomic E-state index is 13.0. The second-order valence-corrected chi connectivity index (χ2v) is 4.57. The van der Waals surface area contributed by atoms with Crippen molar-refractivity contribution in [3.63, 3.8) is 0 Å². The quantitative estimate of drug-likeness (QED) is 0.735. The van der Waals surface area contributed by atoms with Gasteiger partial charge < -0.3 is 10.4 Å². The maximum absolute atomic E-state index is 13.0. The molecule has 2 N–H and O–H groups in total. The third-order valence-electron chi connectivity index (χ3n) is 3.01. The zero-order valence-electron chi connectivity index (χ0n) is 10.9. The van der Waals surface area contributed by atoms with Crippen LogP contribution in [0, 0.1) is 11.6 Å². The van der Waals surface area contributed by atoms with Crippen molar-refractivity contribution in [1.82, 2.24) is 5.32 Å². The third kappa shape index (κ3) is 4.35. The van der Waals surface area contributed by atoms with Crippen molar-refractivity contribution in [3.05, 3.63) is 35.4 Å². The molecule has 0 saturated heterocycles. The molecular formula is C14H21F2NO. The van der Waals surface area contributed by atoms with Gasteiger partial charge in [0.05, 0.1) is 6.10 Å². The summed E-state index contributed by atoms with van der Waals surface area (Å²) in [6, 6.07) is 3.31. The standard InChI is InChI=1S/C14H21F2NO/c1-3-4-5-8-17-10(2)14(18)11-6-7-12(15)13(16)9-11/h6-7,9-10,14,17-18H,3-5,8H2,1-2H3. The van der Waals surface area contributed by atoms with Gasteiger partial charge in [-0.2, -0.15) is 0 Å². The minimum absolute atomic E-state index is 0.188. The van der Waals surface area contributed by atoms with E-state index in [1.54, 1.807) is 0 Å². The molecule has 1 rings (SSSR count). The first-order valence-corrected chi connectivity index (χ1v) is 6.42. The molecule has 0 aromatic heterocycles. The highest BCUT2D eigenvalue weighted by molar-refractivity contribution is 5.21. The van der Waals surface area contributed by atoms with E-state index in [2.05, 4.69) is 12.2 Å². The van der Waals surface area contributed by atoms with Crippen molar-refractivity contribution in [2.45, 2.75) is 45.3 Å². The molecule has 0 aliphatic carbocycles. The van der Waals surface area contributed by atoms with E-state index < -0.39 is 17.7 Å². The van der Waals surface area contributed by atoms with Crippen LogP contribution in [-0.4, -0.2) is 17.7 Å². The summed E-state index contributed by atoms with van der Waals surface area (Å²) in [6.07, 6.45) is 2.50. The SMILES string of the molecule is CCCCCNC(C)C(O)c1ccc(F)c(F)c1. The summed E-state index contributed by atoms with van der Waals surface area (Å²) >= 11 is 0. The Hall–Kier alpha value is -1.00. The molecule has 2 nitrogen and oxygen atoms in total. The molecule has 0 aliphatic rings. The van der Waals surface area contributed by atoms with Crippen molar-refractivity contribution in [3.8, 4) is 0 Å². The number of halogens is 2. The lowest BCUT2D eigenvalue weighted by atomic mass is 10.0. The van der Waals surface area contributed by atoms with Crippen LogP contribution in [0.1, 0.15) is 44.8 Å². The molecule has 0 heterocycles. The van der Waals surface area contributed by atoms with E-state index in [1.165, 1.54) is 6.07 Å². The van der Waals surface area contributed by atoms with E-state index in [0.717, 1.165) is 37.9 Å². The first-order valence-electron chi connectivity index (χ1n) is 6.42. The second kappa shape index (κ2) is 7.44. The fourth-order valence-corrected chi connectivity index (χ4v) is 1.80. The molecule has 0 amide bonds. The lowest BCUT2D eigenvalue weighted by Gasteiger charge is -2.20. The predicted molar refractivity (Wildman–Crippen MR) is 68.3 cm³/mol. The Bertz CT molecular complexity index is 371. The van der Waals surface area contributed by atoms with Gasteiger partial charge in [0.2, 0.25) is 0 Å². The summed E-state index contributed by atoms with van der Waals surface area (Å²) < 4.78 is 25.8. The summed E-state index contributed by atoms with van der Waals surface area (Å²) in [5.41, 5.74) is 0.393. The molecule has 18 heavy (non-hydrogen) atoms. The van der Waals surface area contributed by atoms with Gasteiger partial charge in [-0.15, -0.1) is 0 Å². The Morgan fingerprint density at radius 1 is 1.22 bits per heavy atom. The van der Waals surface area contributed by atoms with E-state index in [9.17, 15) is 13.9 Å². The number of rotatable bonds is 7. The Kier molecular flexibility index (Phi) is 6.22. The van der Waals surface area contributed by atoms with Gasteiger partial charge in [0.15, 0.2) is 11.6 Å². The zero-order valence-corrected chi connectivity index (χ0v) is 10.9. The van der Waals surface area contributed by atoms with Crippen molar-refractivity contribution in [2.24, 2.45) is 0 Å². The van der Waals surface area contributed by atoms with Crippen LogP contribution in [0.4, 0.5) is 8.78 Å². The first-order chi connectivity index (χ1) is 8.56. The number of benzene rings is 1. The van der Waals surface area contributed by atoms with Gasteiger partial charge in [-0.3, -0.25) is 0 Å². The van der Waals surface area contributed by atoms with E-state index >= 15 is 0 Å². The normalized spacial score (nSPS) is 14.5. The summed E-state index contributed by atoms with van der Waals surface area (Å²) in [7, 11) is 0. The largest absolute Gasteiger partial charge is 0.387 e. The Balaban J connectivity index is 2.51. The van der Waals surface area contributed by atoms with E-state index in [0.29, 0.717) is 5.56 Å². The molecule has 4 heteroatoms. The molecule has 1 aromatic carbocycles. The average Bonchev–Trinajstić information content (AvgIpc) is 2.37. The van der Waals surface area contributed by atoms with E-state index in [1.807, 2.05) is 6.92 Å². The monoisotopic (exact) mass is 257 g/mol. The molecule has 2 atom stereocenters. The Labute approximate surface area is 107 Å². The number of aliphatic hydroxyl groups excluding tert-OH is 1. The van der Waals surface area contributed by atoms with Gasteiger partial charge in [-0.1, -0.05) is 25.8 Å². The number of aliphatic hydroxyl groups is 1. The number of unbranched alkanes of at least 4 members (excludes halogenated alkanes) is 2. The summed E-state index contributed by atoms with van der Waals surface area (Å²) in [4.78, 5) is 0. The number of nitrogens with one attached hydrogen (secondary N) is 1. The lowest BCUT2D eigenvalue weighted by Crippen LogP contribution is -2.33. The molecule has 0 fully saturated rings. The molecule has 0 spiro atoms. The van der Waals surface area contributed by atoms with Gasteiger partial charge in [0, 0.05) is 6.04 Å². The minimum Gasteiger partial charge on any atom is -0.387 e. The summed E-state index contributed by atoms with van der Waals surface area (Å²) in [5, 5.41) is 13.2. The van der Waals surface area contributed by atoms with Crippen LogP contribution in [0.3, 0.4) is 0 Å². The second-order valence-electron chi connectivity index (χ2n) is 4.57. The smallest absolute Gasteiger partial charge is 0.159 e. The molecule has 0 radical (unpaired) electrons. The van der Waals surface area contributed by atoms with Crippen LogP contribution in [-0.2, 0) is 0 Å². The van der Waals surface area contributed by atoms with Gasteiger partial charge in [0.1, 0.15) is 0 Å². The maximum Gasteiger partial charge on any atom is 0.159 e. The Morgan fingerprint density at radius 3 is 2.56 bits per heavy atom. The molecule has 0 saturated carbocycles. The van der Waals surface area contributed by atoms with Crippen molar-refractivity contribution < 1.29 is 13.9 Å². The highest BCUT2D eigenvalue weighted by Crippen LogP contribution is 2.19. The van der Waals surface area contributed by atoms with Gasteiger partial charge in [-0.05, 0) is 37.6 Å². The minimum atomic E-state index is -0.926.